The molecular weight excluding hydrogens is 480 g/mol. The molecular formula is C24H20O8S2. The molecule has 0 aliphatic carbocycles. The zero-order chi connectivity index (χ0) is 24.7. The molecule has 0 bridgehead atoms. The second-order valence-corrected chi connectivity index (χ2v) is 10.4. The monoisotopic (exact) mass is 500 g/mol. The van der Waals surface area contributed by atoms with Crippen LogP contribution in [0.25, 0.3) is 10.8 Å². The van der Waals surface area contributed by atoms with Crippen LogP contribution in [0.15, 0.2) is 82.6 Å². The van der Waals surface area contributed by atoms with E-state index in [1.807, 2.05) is 13.8 Å². The molecule has 0 aliphatic heterocycles. The smallest absolute Gasteiger partial charge is 0.298 e. The molecule has 0 atom stereocenters. The molecule has 0 heterocycles. The fourth-order valence-corrected chi connectivity index (χ4v) is 4.63. The summed E-state index contributed by atoms with van der Waals surface area (Å²) in [4.78, 5) is -1.03. The van der Waals surface area contributed by atoms with Gasteiger partial charge >= 0.3 is 0 Å². The number of ether oxygens (including phenoxy) is 2. The van der Waals surface area contributed by atoms with E-state index in [0.717, 1.165) is 23.3 Å². The van der Waals surface area contributed by atoms with E-state index < -0.39 is 30.0 Å². The average molecular weight is 501 g/mol. The summed E-state index contributed by atoms with van der Waals surface area (Å²) >= 11 is 0. The van der Waals surface area contributed by atoms with Crippen molar-refractivity contribution in [2.75, 3.05) is 0 Å². The van der Waals surface area contributed by atoms with Crippen molar-refractivity contribution >= 4 is 31.0 Å². The average Bonchev–Trinajstić information content (AvgIpc) is 2.75. The van der Waals surface area contributed by atoms with Crippen molar-refractivity contribution < 1.29 is 35.4 Å². The highest BCUT2D eigenvalue weighted by atomic mass is 32.2. The minimum absolute atomic E-state index is 0.144. The summed E-state index contributed by atoms with van der Waals surface area (Å²) in [7, 11) is -9.40. The molecule has 8 nitrogen and oxygen atoms in total. The molecule has 0 unspecified atom stereocenters. The van der Waals surface area contributed by atoms with Crippen LogP contribution in [-0.4, -0.2) is 25.9 Å². The molecule has 4 aromatic rings. The number of benzene rings is 4. The second-order valence-electron chi connectivity index (χ2n) is 7.66. The Kier molecular flexibility index (Phi) is 6.09. The van der Waals surface area contributed by atoms with E-state index in [-0.39, 0.29) is 22.3 Å². The highest BCUT2D eigenvalue weighted by molar-refractivity contribution is 7.86. The molecule has 4 aromatic carbocycles. The number of rotatable bonds is 6. The van der Waals surface area contributed by atoms with Crippen molar-refractivity contribution in [1.82, 2.24) is 0 Å². The lowest BCUT2D eigenvalue weighted by Gasteiger charge is -2.17. The maximum absolute atomic E-state index is 12.1. The maximum atomic E-state index is 12.1. The third-order valence-corrected chi connectivity index (χ3v) is 6.82. The third kappa shape index (κ3) is 4.90. The number of hydrogen-bond acceptors (Lipinski definition) is 6. The van der Waals surface area contributed by atoms with Gasteiger partial charge < -0.3 is 9.47 Å². The van der Waals surface area contributed by atoms with Gasteiger partial charge in [0.05, 0.1) is 0 Å². The van der Waals surface area contributed by atoms with E-state index in [9.17, 15) is 25.9 Å². The standard InChI is InChI=1S/C24H20O8S2/c1-15-3-7-17(8-4-15)31-23-19-11-14-22(34(28,29)30)24(32-18-9-5-16(2)6-10-18)20(19)12-13-21(23)33(25,26)27/h3-14H,1-2H3,(H,25,26,27)(H,28,29,30). The molecule has 4 rings (SSSR count). The predicted octanol–water partition coefficient (Wildman–Crippen LogP) is 5.53. The Bertz CT molecular complexity index is 1470. The van der Waals surface area contributed by atoms with Crippen LogP contribution >= 0.6 is 0 Å². The quantitative estimate of drug-likeness (QED) is 0.331. The zero-order valence-corrected chi connectivity index (χ0v) is 19.7. The van der Waals surface area contributed by atoms with Crippen LogP contribution in [0.5, 0.6) is 23.0 Å². The molecule has 0 amide bonds. The van der Waals surface area contributed by atoms with E-state index in [0.29, 0.717) is 11.5 Å². The topological polar surface area (TPSA) is 127 Å². The van der Waals surface area contributed by atoms with Gasteiger partial charge in [-0.2, -0.15) is 16.8 Å². The van der Waals surface area contributed by atoms with Crippen LogP contribution in [0, 0.1) is 13.8 Å². The predicted molar refractivity (Wildman–Crippen MR) is 126 cm³/mol. The summed E-state index contributed by atoms with van der Waals surface area (Å²) in [6.45, 7) is 3.74. The zero-order valence-electron chi connectivity index (χ0n) is 18.1. The van der Waals surface area contributed by atoms with Gasteiger partial charge in [-0.15, -0.1) is 0 Å². The van der Waals surface area contributed by atoms with Crippen molar-refractivity contribution in [1.29, 1.82) is 0 Å². The Labute approximate surface area is 196 Å². The molecule has 0 saturated heterocycles. The van der Waals surface area contributed by atoms with Gasteiger partial charge in [0.1, 0.15) is 21.3 Å². The Morgan fingerprint density at radius 1 is 0.529 bits per heavy atom. The fraction of sp³-hybridized carbons (Fsp3) is 0.0833. The molecule has 0 fully saturated rings. The van der Waals surface area contributed by atoms with Gasteiger partial charge in [-0.3, -0.25) is 9.11 Å². The third-order valence-electron chi connectivity index (χ3n) is 5.07. The van der Waals surface area contributed by atoms with Crippen molar-refractivity contribution in [3.63, 3.8) is 0 Å². The summed E-state index contributed by atoms with van der Waals surface area (Å²) in [6, 6.07) is 18.2. The van der Waals surface area contributed by atoms with E-state index in [2.05, 4.69) is 0 Å². The van der Waals surface area contributed by atoms with Crippen LogP contribution < -0.4 is 9.47 Å². The first-order chi connectivity index (χ1) is 15.9. The van der Waals surface area contributed by atoms with Gasteiger partial charge in [-0.1, -0.05) is 35.4 Å². The van der Waals surface area contributed by atoms with Crippen LogP contribution in [0.2, 0.25) is 0 Å². The van der Waals surface area contributed by atoms with E-state index in [4.69, 9.17) is 9.47 Å². The highest BCUT2D eigenvalue weighted by Gasteiger charge is 2.26. The van der Waals surface area contributed by atoms with Gasteiger partial charge in [0.25, 0.3) is 20.2 Å². The van der Waals surface area contributed by atoms with Gasteiger partial charge in [0.2, 0.25) is 0 Å². The Balaban J connectivity index is 2.00. The fourth-order valence-electron chi connectivity index (χ4n) is 3.38. The lowest BCUT2D eigenvalue weighted by atomic mass is 10.1. The Morgan fingerprint density at radius 2 is 0.853 bits per heavy atom. The van der Waals surface area contributed by atoms with E-state index in [1.165, 1.54) is 12.1 Å². The van der Waals surface area contributed by atoms with E-state index >= 15 is 0 Å². The Morgan fingerprint density at radius 3 is 1.15 bits per heavy atom. The molecule has 0 aliphatic rings. The maximum Gasteiger partial charge on any atom is 0.298 e. The molecule has 0 spiro atoms. The number of fused-ring (bicyclic) bond motifs is 1. The van der Waals surface area contributed by atoms with Crippen LogP contribution in [0.3, 0.4) is 0 Å². The van der Waals surface area contributed by atoms with Crippen molar-refractivity contribution in [2.24, 2.45) is 0 Å². The van der Waals surface area contributed by atoms with Crippen LogP contribution in [0.1, 0.15) is 11.1 Å². The molecule has 0 aromatic heterocycles. The molecule has 0 saturated carbocycles. The number of hydrogen-bond donors (Lipinski definition) is 2. The summed E-state index contributed by atoms with van der Waals surface area (Å²) in [6.07, 6.45) is 0. The lowest BCUT2D eigenvalue weighted by Crippen LogP contribution is -2.05. The van der Waals surface area contributed by atoms with Gasteiger partial charge in [-0.25, -0.2) is 0 Å². The van der Waals surface area contributed by atoms with Gasteiger partial charge in [0, 0.05) is 10.8 Å². The SMILES string of the molecule is Cc1ccc(Oc2c(S(=O)(=O)O)ccc3c(Oc4ccc(C)cc4)c(S(=O)(=O)O)ccc23)cc1. The summed E-state index contributed by atoms with van der Waals surface area (Å²) in [5.74, 6) is 0.143. The van der Waals surface area contributed by atoms with Crippen LogP contribution in [-0.2, 0) is 20.2 Å². The first-order valence-electron chi connectivity index (χ1n) is 9.97. The summed E-state index contributed by atoms with van der Waals surface area (Å²) in [5, 5.41) is 0.287. The minimum atomic E-state index is -4.70. The molecule has 2 N–H and O–H groups in total. The normalized spacial score (nSPS) is 12.0. The van der Waals surface area contributed by atoms with Crippen molar-refractivity contribution in [2.45, 2.75) is 23.6 Å². The van der Waals surface area contributed by atoms with Gasteiger partial charge in [-0.05, 0) is 62.4 Å². The largest absolute Gasteiger partial charge is 0.455 e. The lowest BCUT2D eigenvalue weighted by molar-refractivity contribution is 0.448. The first kappa shape index (κ1) is 23.7. The van der Waals surface area contributed by atoms with Crippen LogP contribution in [0.4, 0.5) is 0 Å². The van der Waals surface area contributed by atoms with E-state index in [1.54, 1.807) is 48.5 Å². The summed E-state index contributed by atoms with van der Waals surface area (Å²) in [5.41, 5.74) is 1.90. The first-order valence-corrected chi connectivity index (χ1v) is 12.9. The van der Waals surface area contributed by atoms with Crippen molar-refractivity contribution in [3.8, 4) is 23.0 Å². The number of aryl methyl sites for hydroxylation is 2. The van der Waals surface area contributed by atoms with Crippen molar-refractivity contribution in [3.05, 3.63) is 83.9 Å². The van der Waals surface area contributed by atoms with Gasteiger partial charge in [0.15, 0.2) is 11.5 Å². The highest BCUT2D eigenvalue weighted by Crippen LogP contribution is 2.43. The minimum Gasteiger partial charge on any atom is -0.455 e. The molecule has 0 radical (unpaired) electrons. The Hall–Kier alpha value is -3.44. The summed E-state index contributed by atoms with van der Waals surface area (Å²) < 4.78 is 79.6. The molecule has 34 heavy (non-hydrogen) atoms. The molecule has 176 valence electrons. The second kappa shape index (κ2) is 8.73. The molecule has 10 heteroatoms.